The Hall–Kier alpha value is -2.08. The first kappa shape index (κ1) is 15.8. The first-order chi connectivity index (χ1) is 11.3. The molecule has 1 aromatic carbocycles. The Morgan fingerprint density at radius 2 is 2.26 bits per heavy atom. The fraction of sp³-hybridized carbons (Fsp3) is 0.412. The highest BCUT2D eigenvalue weighted by molar-refractivity contribution is 7.11. The number of aromatic nitrogens is 1. The molecular weight excluding hydrogens is 308 g/mol. The van der Waals surface area contributed by atoms with E-state index in [9.17, 15) is 0 Å². The molecule has 2 aromatic rings. The van der Waals surface area contributed by atoms with Crippen LogP contribution in [0.1, 0.15) is 22.4 Å². The Kier molecular flexibility index (Phi) is 5.12. The minimum absolute atomic E-state index is 0.150. The summed E-state index contributed by atoms with van der Waals surface area (Å²) in [7, 11) is 1.78. The van der Waals surface area contributed by atoms with Gasteiger partial charge in [0.05, 0.1) is 13.1 Å². The minimum atomic E-state index is 0.150. The van der Waals surface area contributed by atoms with E-state index in [1.165, 1.54) is 10.4 Å². The van der Waals surface area contributed by atoms with Crippen molar-refractivity contribution in [1.29, 1.82) is 0 Å². The summed E-state index contributed by atoms with van der Waals surface area (Å²) in [6.45, 7) is 3.56. The largest absolute Gasteiger partial charge is 0.488 e. The van der Waals surface area contributed by atoms with Gasteiger partial charge >= 0.3 is 0 Å². The van der Waals surface area contributed by atoms with Crippen LogP contribution in [-0.4, -0.2) is 30.6 Å². The summed E-state index contributed by atoms with van der Waals surface area (Å²) in [5.74, 6) is 1.77. The van der Waals surface area contributed by atoms with Crippen molar-refractivity contribution < 1.29 is 4.74 Å². The Morgan fingerprint density at radius 3 is 3.00 bits per heavy atom. The van der Waals surface area contributed by atoms with E-state index in [1.807, 2.05) is 18.3 Å². The van der Waals surface area contributed by atoms with Gasteiger partial charge in [-0.25, -0.2) is 4.98 Å². The molecular formula is C17H22N4OS. The molecule has 0 spiro atoms. The van der Waals surface area contributed by atoms with E-state index in [2.05, 4.69) is 39.7 Å². The van der Waals surface area contributed by atoms with Gasteiger partial charge in [-0.1, -0.05) is 25.1 Å². The van der Waals surface area contributed by atoms with E-state index < -0.39 is 0 Å². The number of thiazole rings is 1. The highest BCUT2D eigenvalue weighted by atomic mass is 32.1. The van der Waals surface area contributed by atoms with Crippen molar-refractivity contribution in [3.63, 3.8) is 0 Å². The maximum atomic E-state index is 5.93. The SMILES string of the molecule is CCc1cnc(CNC(=NC)NCC2Cc3ccccc3O2)s1. The lowest BCUT2D eigenvalue weighted by molar-refractivity contribution is 0.235. The quantitative estimate of drug-likeness (QED) is 0.653. The molecule has 1 aliphatic rings. The van der Waals surface area contributed by atoms with Gasteiger partial charge in [-0.2, -0.15) is 0 Å². The zero-order valence-electron chi connectivity index (χ0n) is 13.5. The van der Waals surface area contributed by atoms with Gasteiger partial charge in [0.25, 0.3) is 0 Å². The van der Waals surface area contributed by atoms with Crippen molar-refractivity contribution in [1.82, 2.24) is 15.6 Å². The molecule has 0 saturated heterocycles. The van der Waals surface area contributed by atoms with Crippen molar-refractivity contribution in [3.05, 3.63) is 45.9 Å². The fourth-order valence-electron chi connectivity index (χ4n) is 2.55. The highest BCUT2D eigenvalue weighted by Crippen LogP contribution is 2.27. The first-order valence-electron chi connectivity index (χ1n) is 7.91. The van der Waals surface area contributed by atoms with Crippen LogP contribution in [0.15, 0.2) is 35.5 Å². The van der Waals surface area contributed by atoms with Gasteiger partial charge in [0, 0.05) is 24.5 Å². The van der Waals surface area contributed by atoms with Gasteiger partial charge in [-0.05, 0) is 18.1 Å². The smallest absolute Gasteiger partial charge is 0.191 e. The van der Waals surface area contributed by atoms with Crippen molar-refractivity contribution in [2.45, 2.75) is 32.4 Å². The molecule has 0 radical (unpaired) electrons. The van der Waals surface area contributed by atoms with Crippen molar-refractivity contribution in [2.24, 2.45) is 4.99 Å². The predicted molar refractivity (Wildman–Crippen MR) is 94.3 cm³/mol. The first-order valence-corrected chi connectivity index (χ1v) is 8.72. The van der Waals surface area contributed by atoms with Crippen LogP contribution in [0.5, 0.6) is 5.75 Å². The summed E-state index contributed by atoms with van der Waals surface area (Å²) in [5.41, 5.74) is 1.28. The summed E-state index contributed by atoms with van der Waals surface area (Å²) in [5, 5.41) is 7.71. The zero-order chi connectivity index (χ0) is 16.1. The van der Waals surface area contributed by atoms with E-state index in [1.54, 1.807) is 18.4 Å². The van der Waals surface area contributed by atoms with Gasteiger partial charge in [-0.15, -0.1) is 11.3 Å². The summed E-state index contributed by atoms with van der Waals surface area (Å²) in [6.07, 6.45) is 4.07. The number of nitrogens with one attached hydrogen (secondary N) is 2. The summed E-state index contributed by atoms with van der Waals surface area (Å²) in [4.78, 5) is 9.97. The molecule has 23 heavy (non-hydrogen) atoms. The molecule has 6 heteroatoms. The molecule has 1 atom stereocenters. The molecule has 122 valence electrons. The minimum Gasteiger partial charge on any atom is -0.488 e. The van der Waals surface area contributed by atoms with Crippen molar-refractivity contribution in [2.75, 3.05) is 13.6 Å². The third-order valence-electron chi connectivity index (χ3n) is 3.79. The van der Waals surface area contributed by atoms with Crippen LogP contribution < -0.4 is 15.4 Å². The lowest BCUT2D eigenvalue weighted by Gasteiger charge is -2.15. The fourth-order valence-corrected chi connectivity index (χ4v) is 3.35. The van der Waals surface area contributed by atoms with Crippen LogP contribution >= 0.6 is 11.3 Å². The number of hydrogen-bond acceptors (Lipinski definition) is 4. The molecule has 0 fully saturated rings. The van der Waals surface area contributed by atoms with E-state index >= 15 is 0 Å². The van der Waals surface area contributed by atoms with Gasteiger partial charge in [0.15, 0.2) is 5.96 Å². The number of fused-ring (bicyclic) bond motifs is 1. The van der Waals surface area contributed by atoms with Crippen LogP contribution in [0.4, 0.5) is 0 Å². The Bertz CT molecular complexity index is 658. The number of rotatable bonds is 5. The van der Waals surface area contributed by atoms with Crippen molar-refractivity contribution in [3.8, 4) is 5.75 Å². The van der Waals surface area contributed by atoms with Crippen LogP contribution in [0.3, 0.4) is 0 Å². The van der Waals surface area contributed by atoms with E-state index in [4.69, 9.17) is 4.74 Å². The average molecular weight is 330 g/mol. The third kappa shape index (κ3) is 4.01. The number of aliphatic imine (C=N–C) groups is 1. The van der Waals surface area contributed by atoms with Crippen molar-refractivity contribution >= 4 is 17.3 Å². The number of nitrogens with zero attached hydrogens (tertiary/aromatic N) is 2. The lowest BCUT2D eigenvalue weighted by Crippen LogP contribution is -2.41. The van der Waals surface area contributed by atoms with Gasteiger partial charge in [0.2, 0.25) is 0 Å². The molecule has 1 aliphatic heterocycles. The summed E-state index contributed by atoms with van der Waals surface area (Å²) < 4.78 is 5.93. The number of guanidine groups is 1. The van der Waals surface area contributed by atoms with Crippen LogP contribution in [0.2, 0.25) is 0 Å². The molecule has 0 saturated carbocycles. The summed E-state index contributed by atoms with van der Waals surface area (Å²) >= 11 is 1.74. The average Bonchev–Trinajstić information content (AvgIpc) is 3.21. The maximum Gasteiger partial charge on any atom is 0.191 e. The van der Waals surface area contributed by atoms with E-state index in [0.29, 0.717) is 6.54 Å². The Morgan fingerprint density at radius 1 is 1.39 bits per heavy atom. The normalized spacial score (nSPS) is 16.8. The lowest BCUT2D eigenvalue weighted by atomic mass is 10.1. The molecule has 0 bridgehead atoms. The number of ether oxygens (including phenoxy) is 1. The van der Waals surface area contributed by atoms with Crippen LogP contribution in [-0.2, 0) is 19.4 Å². The third-order valence-corrected chi connectivity index (χ3v) is 4.93. The Balaban J connectivity index is 1.45. The van der Waals surface area contributed by atoms with Gasteiger partial charge in [-0.3, -0.25) is 4.99 Å². The second kappa shape index (κ2) is 7.46. The molecule has 1 unspecified atom stereocenters. The second-order valence-corrected chi connectivity index (χ2v) is 6.63. The predicted octanol–water partition coefficient (Wildman–Crippen LogP) is 2.37. The maximum absolute atomic E-state index is 5.93. The highest BCUT2D eigenvalue weighted by Gasteiger charge is 2.22. The standard InChI is InChI=1S/C17H22N4OS/c1-3-14-10-19-16(23-14)11-21-17(18-2)20-9-13-8-12-6-4-5-7-15(12)22-13/h4-7,10,13H,3,8-9,11H2,1-2H3,(H2,18,20,21). The molecule has 3 rings (SSSR count). The van der Waals surface area contributed by atoms with Gasteiger partial charge < -0.3 is 15.4 Å². The molecule has 2 heterocycles. The number of benzene rings is 1. The molecule has 0 amide bonds. The molecule has 0 aliphatic carbocycles. The molecule has 5 nitrogen and oxygen atoms in total. The number of hydrogen-bond donors (Lipinski definition) is 2. The molecule has 1 aromatic heterocycles. The monoisotopic (exact) mass is 330 g/mol. The van der Waals surface area contributed by atoms with Crippen LogP contribution in [0, 0.1) is 0 Å². The zero-order valence-corrected chi connectivity index (χ0v) is 14.3. The topological polar surface area (TPSA) is 58.5 Å². The molecule has 2 N–H and O–H groups in total. The number of aryl methyl sites for hydroxylation is 1. The van der Waals surface area contributed by atoms with E-state index in [-0.39, 0.29) is 6.10 Å². The Labute approximate surface area is 140 Å². The van der Waals surface area contributed by atoms with E-state index in [0.717, 1.165) is 36.1 Å². The summed E-state index contributed by atoms with van der Waals surface area (Å²) in [6, 6.07) is 8.21. The second-order valence-electron chi connectivity index (χ2n) is 5.43. The van der Waals surface area contributed by atoms with Gasteiger partial charge in [0.1, 0.15) is 16.9 Å². The number of para-hydroxylation sites is 1. The van der Waals surface area contributed by atoms with Crippen LogP contribution in [0.25, 0.3) is 0 Å².